The van der Waals surface area contributed by atoms with E-state index in [1.807, 2.05) is 0 Å². The first-order valence-electron chi connectivity index (χ1n) is 4.85. The molecule has 0 saturated carbocycles. The molecule has 0 aromatic rings. The highest BCUT2D eigenvalue weighted by atomic mass is 32.1. The first-order valence-corrected chi connectivity index (χ1v) is 5.48. The van der Waals surface area contributed by atoms with Crippen molar-refractivity contribution in [3.05, 3.63) is 0 Å². The monoisotopic (exact) mass is 174 g/mol. The molecule has 0 radical (unpaired) electrons. The van der Waals surface area contributed by atoms with Crippen molar-refractivity contribution in [2.45, 2.75) is 52.9 Å². The first-order chi connectivity index (χ1) is 5.24. The Hall–Kier alpha value is 0.350. The van der Waals surface area contributed by atoms with Gasteiger partial charge >= 0.3 is 0 Å². The van der Waals surface area contributed by atoms with Gasteiger partial charge in [-0.3, -0.25) is 0 Å². The number of hydrogen-bond donors (Lipinski definition) is 1. The molecule has 68 valence electrons. The quantitative estimate of drug-likeness (QED) is 0.580. The standard InChI is InChI=1S/C10H22S/c1-4-7-10(5-2,6-3)8-9-11/h11H,4-9H2,1-3H3. The van der Waals surface area contributed by atoms with Crippen molar-refractivity contribution in [1.82, 2.24) is 0 Å². The Morgan fingerprint density at radius 1 is 1.00 bits per heavy atom. The fourth-order valence-electron chi connectivity index (χ4n) is 1.85. The Kier molecular flexibility index (Phi) is 6.12. The van der Waals surface area contributed by atoms with E-state index in [2.05, 4.69) is 33.4 Å². The maximum absolute atomic E-state index is 4.31. The number of thiol groups is 1. The van der Waals surface area contributed by atoms with Gasteiger partial charge in [-0.25, -0.2) is 0 Å². The summed E-state index contributed by atoms with van der Waals surface area (Å²) in [4.78, 5) is 0. The van der Waals surface area contributed by atoms with E-state index >= 15 is 0 Å². The van der Waals surface area contributed by atoms with Crippen LogP contribution in [0, 0.1) is 5.41 Å². The van der Waals surface area contributed by atoms with E-state index in [9.17, 15) is 0 Å². The SMILES string of the molecule is CCCC(CC)(CC)CCS. The maximum atomic E-state index is 4.31. The lowest BCUT2D eigenvalue weighted by atomic mass is 9.76. The lowest BCUT2D eigenvalue weighted by molar-refractivity contribution is 0.229. The molecular weight excluding hydrogens is 152 g/mol. The molecule has 1 heteroatoms. The molecule has 0 aromatic heterocycles. The zero-order valence-corrected chi connectivity index (χ0v) is 9.08. The Balaban J connectivity index is 3.96. The summed E-state index contributed by atoms with van der Waals surface area (Å²) in [5.41, 5.74) is 0.608. The Bertz CT molecular complexity index is 76.9. The van der Waals surface area contributed by atoms with Crippen molar-refractivity contribution in [3.8, 4) is 0 Å². The van der Waals surface area contributed by atoms with Crippen LogP contribution < -0.4 is 0 Å². The highest BCUT2D eigenvalue weighted by Crippen LogP contribution is 2.35. The van der Waals surface area contributed by atoms with Crippen LogP contribution in [0.25, 0.3) is 0 Å². The van der Waals surface area contributed by atoms with Gasteiger partial charge in [0.05, 0.1) is 0 Å². The van der Waals surface area contributed by atoms with Crippen molar-refractivity contribution >= 4 is 12.6 Å². The Morgan fingerprint density at radius 3 is 1.82 bits per heavy atom. The lowest BCUT2D eigenvalue weighted by Gasteiger charge is -2.30. The van der Waals surface area contributed by atoms with Gasteiger partial charge < -0.3 is 0 Å². The molecular formula is C10H22S. The van der Waals surface area contributed by atoms with Crippen molar-refractivity contribution in [2.75, 3.05) is 5.75 Å². The molecule has 0 rings (SSSR count). The fourth-order valence-corrected chi connectivity index (χ4v) is 2.32. The first kappa shape index (κ1) is 11.4. The second-order valence-electron chi connectivity index (χ2n) is 3.43. The zero-order chi connectivity index (χ0) is 8.74. The van der Waals surface area contributed by atoms with Gasteiger partial charge in [0.15, 0.2) is 0 Å². The van der Waals surface area contributed by atoms with Crippen molar-refractivity contribution < 1.29 is 0 Å². The van der Waals surface area contributed by atoms with Gasteiger partial charge in [-0.2, -0.15) is 12.6 Å². The van der Waals surface area contributed by atoms with Crippen LogP contribution in [0.5, 0.6) is 0 Å². The average Bonchev–Trinajstić information content (AvgIpc) is 2.04. The largest absolute Gasteiger partial charge is 0.179 e. The average molecular weight is 174 g/mol. The summed E-state index contributed by atoms with van der Waals surface area (Å²) < 4.78 is 0. The summed E-state index contributed by atoms with van der Waals surface area (Å²) >= 11 is 4.31. The van der Waals surface area contributed by atoms with E-state index < -0.39 is 0 Å². The Labute approximate surface area is 77.2 Å². The van der Waals surface area contributed by atoms with Gasteiger partial charge in [-0.05, 0) is 24.0 Å². The van der Waals surface area contributed by atoms with Gasteiger partial charge in [-0.15, -0.1) is 0 Å². The minimum atomic E-state index is 0.608. The van der Waals surface area contributed by atoms with E-state index in [4.69, 9.17) is 0 Å². The van der Waals surface area contributed by atoms with Crippen molar-refractivity contribution in [3.63, 3.8) is 0 Å². The molecule has 11 heavy (non-hydrogen) atoms. The molecule has 0 aliphatic heterocycles. The number of hydrogen-bond acceptors (Lipinski definition) is 1. The third kappa shape index (κ3) is 3.50. The van der Waals surface area contributed by atoms with Crippen LogP contribution in [0.2, 0.25) is 0 Å². The molecule has 0 N–H and O–H groups in total. The highest BCUT2D eigenvalue weighted by molar-refractivity contribution is 7.80. The second-order valence-corrected chi connectivity index (χ2v) is 3.88. The lowest BCUT2D eigenvalue weighted by Crippen LogP contribution is -2.19. The molecule has 0 fully saturated rings. The highest BCUT2D eigenvalue weighted by Gasteiger charge is 2.23. The predicted octanol–water partition coefficient (Wildman–Crippen LogP) is 3.91. The molecule has 0 bridgehead atoms. The molecule has 0 heterocycles. The van der Waals surface area contributed by atoms with Crippen LogP contribution in [0.3, 0.4) is 0 Å². The second kappa shape index (κ2) is 5.93. The Morgan fingerprint density at radius 2 is 1.55 bits per heavy atom. The van der Waals surface area contributed by atoms with E-state index in [1.54, 1.807) is 0 Å². The van der Waals surface area contributed by atoms with Crippen LogP contribution in [-0.2, 0) is 0 Å². The molecule has 0 spiro atoms. The molecule has 0 unspecified atom stereocenters. The number of rotatable bonds is 6. The maximum Gasteiger partial charge on any atom is -0.00926 e. The summed E-state index contributed by atoms with van der Waals surface area (Å²) in [7, 11) is 0. The van der Waals surface area contributed by atoms with Crippen LogP contribution in [0.15, 0.2) is 0 Å². The van der Waals surface area contributed by atoms with E-state index in [1.165, 1.54) is 32.1 Å². The van der Waals surface area contributed by atoms with Crippen LogP contribution in [0.4, 0.5) is 0 Å². The minimum absolute atomic E-state index is 0.608. The summed E-state index contributed by atoms with van der Waals surface area (Å²) in [5.74, 6) is 1.04. The summed E-state index contributed by atoms with van der Waals surface area (Å²) in [5, 5.41) is 0. The van der Waals surface area contributed by atoms with Crippen LogP contribution in [0.1, 0.15) is 52.9 Å². The van der Waals surface area contributed by atoms with Crippen molar-refractivity contribution in [1.29, 1.82) is 0 Å². The fraction of sp³-hybridized carbons (Fsp3) is 1.00. The van der Waals surface area contributed by atoms with E-state index in [0.717, 1.165) is 5.75 Å². The molecule has 0 amide bonds. The molecule has 0 saturated heterocycles. The summed E-state index contributed by atoms with van der Waals surface area (Å²) in [6.45, 7) is 6.89. The topological polar surface area (TPSA) is 0 Å². The van der Waals surface area contributed by atoms with Crippen LogP contribution in [-0.4, -0.2) is 5.75 Å². The summed E-state index contributed by atoms with van der Waals surface area (Å²) in [6, 6.07) is 0. The third-order valence-corrected chi connectivity index (χ3v) is 3.15. The van der Waals surface area contributed by atoms with Gasteiger partial charge in [0, 0.05) is 0 Å². The normalized spacial score (nSPS) is 12.0. The van der Waals surface area contributed by atoms with Gasteiger partial charge in [-0.1, -0.05) is 40.0 Å². The van der Waals surface area contributed by atoms with Gasteiger partial charge in [0.25, 0.3) is 0 Å². The van der Waals surface area contributed by atoms with Gasteiger partial charge in [0.2, 0.25) is 0 Å². The zero-order valence-electron chi connectivity index (χ0n) is 8.19. The molecule has 0 aliphatic carbocycles. The van der Waals surface area contributed by atoms with E-state index in [0.29, 0.717) is 5.41 Å². The minimum Gasteiger partial charge on any atom is -0.179 e. The smallest absolute Gasteiger partial charge is 0.00926 e. The van der Waals surface area contributed by atoms with Gasteiger partial charge in [0.1, 0.15) is 0 Å². The predicted molar refractivity (Wildman–Crippen MR) is 56.4 cm³/mol. The molecule has 0 nitrogen and oxygen atoms in total. The van der Waals surface area contributed by atoms with E-state index in [-0.39, 0.29) is 0 Å². The molecule has 0 aliphatic rings. The van der Waals surface area contributed by atoms with Crippen molar-refractivity contribution in [2.24, 2.45) is 5.41 Å². The summed E-state index contributed by atoms with van der Waals surface area (Å²) in [6.07, 6.45) is 6.61. The third-order valence-electron chi connectivity index (χ3n) is 2.92. The van der Waals surface area contributed by atoms with Crippen LogP contribution >= 0.6 is 12.6 Å². The molecule has 0 atom stereocenters. The molecule has 0 aromatic carbocycles.